The molecule has 15 nitrogen and oxygen atoms in total. The van der Waals surface area contributed by atoms with E-state index in [2.05, 4.69) is 25.8 Å². The van der Waals surface area contributed by atoms with Crippen molar-refractivity contribution in [2.24, 2.45) is 10.9 Å². The SMILES string of the molecule is N=C(N)NC(CO)CSCc1cnccc1SC1=C(C(=O)O)N2C(=O)[C@@H](NC(=O)/C(=N\O)c3nc(N)sc3Cl)[C@@H]2SC1. The minimum atomic E-state index is -1.30. The molecule has 0 aromatic carbocycles. The van der Waals surface area contributed by atoms with Crippen molar-refractivity contribution in [3.05, 3.63) is 44.7 Å². The number of fused-ring (bicyclic) bond motifs is 1. The lowest BCUT2D eigenvalue weighted by Gasteiger charge is -2.49. The van der Waals surface area contributed by atoms with Crippen LogP contribution in [0, 0.1) is 5.41 Å². The molecule has 2 aromatic rings. The standard InChI is InChI=1S/C22H24ClN9O6S4/c23-16-12(30-22(26)42-16)13(31-38)17(34)29-14-18(35)32-15(20(36)37)11(7-40-19(14)32)41-10-1-2-27-3-8(10)5-39-6-9(4-33)28-21(24)25/h1-3,9,14,19,33,38H,4-7H2,(H2,26,30)(H,29,34)(H,36,37)(H4,24,25,28)/b31-13-/t9?,14-,19+/m1/s1. The maximum absolute atomic E-state index is 13.1. The maximum Gasteiger partial charge on any atom is 0.353 e. The van der Waals surface area contributed by atoms with Crippen molar-refractivity contribution >= 4 is 92.8 Å². The van der Waals surface area contributed by atoms with Crippen molar-refractivity contribution in [1.82, 2.24) is 25.5 Å². The zero-order valence-electron chi connectivity index (χ0n) is 21.3. The highest BCUT2D eigenvalue weighted by atomic mass is 35.5. The van der Waals surface area contributed by atoms with Crippen molar-refractivity contribution in [1.29, 1.82) is 5.41 Å². The summed E-state index contributed by atoms with van der Waals surface area (Å²) >= 11 is 10.8. The summed E-state index contributed by atoms with van der Waals surface area (Å²) in [5, 5.41) is 43.7. The van der Waals surface area contributed by atoms with Crippen LogP contribution in [0.15, 0.2) is 39.1 Å². The first-order chi connectivity index (χ1) is 20.0. The summed E-state index contributed by atoms with van der Waals surface area (Å²) in [5.74, 6) is -1.93. The van der Waals surface area contributed by atoms with Gasteiger partial charge in [0.25, 0.3) is 11.8 Å². The predicted octanol–water partition coefficient (Wildman–Crippen LogP) is 0.518. The molecule has 42 heavy (non-hydrogen) atoms. The molecule has 0 radical (unpaired) electrons. The molecular formula is C22H24ClN9O6S4. The summed E-state index contributed by atoms with van der Waals surface area (Å²) in [6.07, 6.45) is 3.23. The van der Waals surface area contributed by atoms with Crippen LogP contribution in [-0.2, 0) is 20.1 Å². The summed E-state index contributed by atoms with van der Waals surface area (Å²) < 4.78 is 0.0247. The van der Waals surface area contributed by atoms with Gasteiger partial charge in [0.15, 0.2) is 16.8 Å². The van der Waals surface area contributed by atoms with Gasteiger partial charge in [-0.1, -0.05) is 39.9 Å². The zero-order valence-corrected chi connectivity index (χ0v) is 25.3. The van der Waals surface area contributed by atoms with Gasteiger partial charge in [0.2, 0.25) is 0 Å². The Hall–Kier alpha value is -3.23. The fourth-order valence-corrected chi connectivity index (χ4v) is 8.60. The number of nitrogen functional groups attached to an aromatic ring is 1. The number of pyridine rings is 1. The number of amides is 2. The molecule has 0 saturated carbocycles. The van der Waals surface area contributed by atoms with E-state index in [-0.39, 0.29) is 39.2 Å². The first-order valence-electron chi connectivity index (χ1n) is 11.8. The highest BCUT2D eigenvalue weighted by molar-refractivity contribution is 8.06. The fraction of sp³-hybridized carbons (Fsp3) is 0.318. The second-order valence-corrected chi connectivity index (χ2v) is 13.5. The van der Waals surface area contributed by atoms with E-state index in [1.54, 1.807) is 18.5 Å². The number of thioether (sulfide) groups is 3. The predicted molar refractivity (Wildman–Crippen MR) is 162 cm³/mol. The van der Waals surface area contributed by atoms with Crippen LogP contribution in [0.5, 0.6) is 0 Å². The average molecular weight is 674 g/mol. The van der Waals surface area contributed by atoms with E-state index in [0.717, 1.165) is 26.7 Å². The molecule has 20 heteroatoms. The van der Waals surface area contributed by atoms with Crippen LogP contribution in [0.1, 0.15) is 11.3 Å². The number of aromatic nitrogens is 2. The number of halogens is 1. The maximum atomic E-state index is 13.1. The minimum Gasteiger partial charge on any atom is -0.477 e. The lowest BCUT2D eigenvalue weighted by Crippen LogP contribution is -2.71. The number of thiazole rings is 1. The number of nitrogens with two attached hydrogens (primary N) is 2. The second-order valence-electron chi connectivity index (χ2n) is 8.60. The number of carbonyl (C=O) groups is 3. The lowest BCUT2D eigenvalue weighted by atomic mass is 10.0. The Morgan fingerprint density at radius 3 is 2.79 bits per heavy atom. The molecule has 4 heterocycles. The van der Waals surface area contributed by atoms with E-state index >= 15 is 0 Å². The summed E-state index contributed by atoms with van der Waals surface area (Å²) in [4.78, 5) is 48.6. The third-order valence-electron chi connectivity index (χ3n) is 5.81. The van der Waals surface area contributed by atoms with Crippen LogP contribution < -0.4 is 22.1 Å². The number of aliphatic hydroxyl groups excluding tert-OH is 1. The molecule has 2 aliphatic heterocycles. The van der Waals surface area contributed by atoms with Crippen LogP contribution >= 0.6 is 58.2 Å². The van der Waals surface area contributed by atoms with E-state index in [1.807, 2.05) is 0 Å². The normalized spacial score (nSPS) is 19.1. The number of rotatable bonds is 12. The number of oxime groups is 1. The molecular weight excluding hydrogens is 650 g/mol. The van der Waals surface area contributed by atoms with Gasteiger partial charge >= 0.3 is 5.97 Å². The van der Waals surface area contributed by atoms with Crippen LogP contribution in [-0.4, -0.2) is 95.3 Å². The smallest absolute Gasteiger partial charge is 0.353 e. The Bertz CT molecular complexity index is 1470. The van der Waals surface area contributed by atoms with Crippen molar-refractivity contribution in [3.63, 3.8) is 0 Å². The molecule has 224 valence electrons. The Kier molecular flexibility index (Phi) is 10.4. The first-order valence-corrected chi connectivity index (χ1v) is 16.0. The molecule has 2 aromatic heterocycles. The van der Waals surface area contributed by atoms with E-state index in [9.17, 15) is 29.8 Å². The number of hydrogen-bond acceptors (Lipinski definition) is 14. The van der Waals surface area contributed by atoms with Gasteiger partial charge in [-0.3, -0.25) is 24.9 Å². The average Bonchev–Trinajstić information content (AvgIpc) is 3.28. The first kappa shape index (κ1) is 31.7. The van der Waals surface area contributed by atoms with Crippen molar-refractivity contribution in [2.45, 2.75) is 28.1 Å². The molecule has 0 spiro atoms. The number of β-lactam (4-membered cyclic amide) rings is 1. The molecule has 0 aliphatic carbocycles. The van der Waals surface area contributed by atoms with Gasteiger partial charge in [-0.25, -0.2) is 9.78 Å². The van der Waals surface area contributed by atoms with Gasteiger partial charge in [-0.15, -0.1) is 11.8 Å². The third-order valence-corrected chi connectivity index (χ3v) is 10.7. The monoisotopic (exact) mass is 673 g/mol. The van der Waals surface area contributed by atoms with E-state index in [4.69, 9.17) is 28.5 Å². The summed E-state index contributed by atoms with van der Waals surface area (Å²) in [6, 6.07) is 0.259. The molecule has 1 fully saturated rings. The number of aliphatic carboxylic acids is 1. The van der Waals surface area contributed by atoms with Crippen LogP contribution in [0.4, 0.5) is 5.13 Å². The number of nitrogens with zero attached hydrogens (tertiary/aromatic N) is 4. The summed E-state index contributed by atoms with van der Waals surface area (Å²) in [5.41, 5.74) is 10.9. The highest BCUT2D eigenvalue weighted by Gasteiger charge is 2.54. The zero-order chi connectivity index (χ0) is 30.6. The Morgan fingerprint density at radius 2 is 2.17 bits per heavy atom. The fourth-order valence-electron chi connectivity index (χ4n) is 3.97. The van der Waals surface area contributed by atoms with Crippen LogP contribution in [0.25, 0.3) is 0 Å². The van der Waals surface area contributed by atoms with E-state index in [0.29, 0.717) is 16.4 Å². The number of nitrogens with one attached hydrogen (secondary N) is 3. The Morgan fingerprint density at radius 1 is 1.40 bits per heavy atom. The highest BCUT2D eigenvalue weighted by Crippen LogP contribution is 2.46. The van der Waals surface area contributed by atoms with Gasteiger partial charge in [-0.2, -0.15) is 11.8 Å². The van der Waals surface area contributed by atoms with Gasteiger partial charge < -0.3 is 37.5 Å². The quantitative estimate of drug-likeness (QED) is 0.0503. The molecule has 2 aliphatic rings. The molecule has 1 unspecified atom stereocenters. The largest absolute Gasteiger partial charge is 0.477 e. The van der Waals surface area contributed by atoms with E-state index < -0.39 is 41.0 Å². The molecule has 10 N–H and O–H groups in total. The number of aliphatic hydroxyl groups is 1. The summed E-state index contributed by atoms with van der Waals surface area (Å²) in [7, 11) is 0. The molecule has 2 amide bonds. The van der Waals surface area contributed by atoms with Gasteiger partial charge in [0, 0.05) is 39.5 Å². The van der Waals surface area contributed by atoms with Crippen molar-refractivity contribution in [2.75, 3.05) is 23.8 Å². The molecule has 0 bridgehead atoms. The minimum absolute atomic E-state index is 0.0247. The van der Waals surface area contributed by atoms with Crippen molar-refractivity contribution in [3.8, 4) is 0 Å². The Balaban J connectivity index is 1.47. The molecule has 3 atom stereocenters. The molecule has 4 rings (SSSR count). The second kappa shape index (κ2) is 13.8. The van der Waals surface area contributed by atoms with Gasteiger partial charge in [0.05, 0.1) is 12.6 Å². The van der Waals surface area contributed by atoms with Crippen LogP contribution in [0.3, 0.4) is 0 Å². The number of carboxylic acids is 1. The topological polar surface area (TPSA) is 253 Å². The lowest BCUT2D eigenvalue weighted by molar-refractivity contribution is -0.150. The molecule has 1 saturated heterocycles. The van der Waals surface area contributed by atoms with Gasteiger partial charge in [0.1, 0.15) is 27.1 Å². The number of guanidine groups is 1. The number of hydrogen-bond donors (Lipinski definition) is 8. The number of carbonyl (C=O) groups excluding carboxylic acids is 2. The van der Waals surface area contributed by atoms with Crippen LogP contribution in [0.2, 0.25) is 4.34 Å². The summed E-state index contributed by atoms with van der Waals surface area (Å²) in [6.45, 7) is -0.207. The number of carboxylic acid groups (broad SMARTS) is 1. The van der Waals surface area contributed by atoms with E-state index in [1.165, 1.54) is 35.3 Å². The van der Waals surface area contributed by atoms with Gasteiger partial charge in [-0.05, 0) is 11.6 Å². The number of anilines is 1. The Labute approximate surface area is 260 Å². The van der Waals surface area contributed by atoms with Crippen molar-refractivity contribution < 1.29 is 29.8 Å². The third kappa shape index (κ3) is 6.87.